The minimum atomic E-state index is -3.36. The number of sulfone groups is 1. The Kier molecular flexibility index (Phi) is 6.08. The van der Waals surface area contributed by atoms with Gasteiger partial charge in [-0.1, -0.05) is 24.3 Å². The predicted octanol–water partition coefficient (Wildman–Crippen LogP) is 4.79. The van der Waals surface area contributed by atoms with Gasteiger partial charge in [0.05, 0.1) is 22.0 Å². The number of benzene rings is 2. The van der Waals surface area contributed by atoms with Gasteiger partial charge in [-0.25, -0.2) is 18.4 Å². The molecule has 0 amide bonds. The fourth-order valence-corrected chi connectivity index (χ4v) is 5.10. The van der Waals surface area contributed by atoms with E-state index in [0.717, 1.165) is 18.5 Å². The molecule has 0 bridgehead atoms. The summed E-state index contributed by atoms with van der Waals surface area (Å²) < 4.78 is 30.7. The number of nitrogens with one attached hydrogen (secondary N) is 1. The molecule has 9 nitrogen and oxygen atoms in total. The second kappa shape index (κ2) is 9.20. The average Bonchev–Trinajstić information content (AvgIpc) is 3.57. The molecule has 0 radical (unpaired) electrons. The molecule has 1 fully saturated rings. The number of nitrogens with zero attached hydrogens (tertiary/aromatic N) is 4. The smallest absolute Gasteiger partial charge is 0.270 e. The number of nitrogen functional groups attached to an aromatic ring is 1. The van der Waals surface area contributed by atoms with Gasteiger partial charge < -0.3 is 15.5 Å². The van der Waals surface area contributed by atoms with Crippen molar-refractivity contribution in [3.05, 3.63) is 60.3 Å². The third-order valence-electron chi connectivity index (χ3n) is 6.15. The van der Waals surface area contributed by atoms with Crippen LogP contribution in [-0.4, -0.2) is 40.4 Å². The van der Waals surface area contributed by atoms with Gasteiger partial charge in [0.15, 0.2) is 21.3 Å². The van der Waals surface area contributed by atoms with Crippen LogP contribution in [0.15, 0.2) is 64.0 Å². The molecule has 0 aliphatic carbocycles. The standard InChI is InChI=1S/C25H26N6O3S.3H2/c1-15(2)35(32,33)19-11-9-17(10-12-19)21-14-28-23(26)22(29-21)25-31-30-24(34-25)18-7-5-16(6-8-18)20-4-3-13-27-20;;;/h5-12,14-15,20,27H,3-4,13H2,1-2H3,(H2,26,28);3*1H. The van der Waals surface area contributed by atoms with Crippen LogP contribution in [0.25, 0.3) is 34.3 Å². The molecule has 0 spiro atoms. The van der Waals surface area contributed by atoms with Crippen LogP contribution >= 0.6 is 0 Å². The van der Waals surface area contributed by atoms with Gasteiger partial charge in [0.25, 0.3) is 5.89 Å². The molecule has 1 aliphatic heterocycles. The minimum absolute atomic E-state index is 0. The molecule has 1 unspecified atom stereocenters. The fraction of sp³-hybridized carbons (Fsp3) is 0.280. The Morgan fingerprint density at radius 1 is 1.03 bits per heavy atom. The first kappa shape index (κ1) is 23.1. The van der Waals surface area contributed by atoms with Crippen LogP contribution in [0.1, 0.15) is 42.6 Å². The zero-order valence-electron chi connectivity index (χ0n) is 19.5. The van der Waals surface area contributed by atoms with Gasteiger partial charge in [0.1, 0.15) is 0 Å². The van der Waals surface area contributed by atoms with Crippen LogP contribution in [0.2, 0.25) is 0 Å². The minimum Gasteiger partial charge on any atom is -0.414 e. The van der Waals surface area contributed by atoms with Crippen molar-refractivity contribution >= 4 is 15.7 Å². The Labute approximate surface area is 208 Å². The van der Waals surface area contributed by atoms with Gasteiger partial charge in [-0.05, 0) is 63.1 Å². The van der Waals surface area contributed by atoms with Crippen molar-refractivity contribution in [1.29, 1.82) is 0 Å². The van der Waals surface area contributed by atoms with E-state index in [1.165, 1.54) is 18.2 Å². The number of hydrogen-bond donors (Lipinski definition) is 2. The van der Waals surface area contributed by atoms with E-state index in [4.69, 9.17) is 10.2 Å². The van der Waals surface area contributed by atoms with Crippen molar-refractivity contribution < 1.29 is 17.1 Å². The van der Waals surface area contributed by atoms with E-state index in [2.05, 4.69) is 37.6 Å². The molecule has 35 heavy (non-hydrogen) atoms. The van der Waals surface area contributed by atoms with Crippen LogP contribution in [0.3, 0.4) is 0 Å². The first-order valence-electron chi connectivity index (χ1n) is 11.5. The third-order valence-corrected chi connectivity index (χ3v) is 8.32. The summed E-state index contributed by atoms with van der Waals surface area (Å²) in [5, 5.41) is 11.3. The normalized spacial score (nSPS) is 16.1. The van der Waals surface area contributed by atoms with Crippen LogP contribution in [-0.2, 0) is 9.84 Å². The summed E-state index contributed by atoms with van der Waals surface area (Å²) in [6.45, 7) is 4.35. The zero-order valence-corrected chi connectivity index (χ0v) is 20.3. The fourth-order valence-electron chi connectivity index (χ4n) is 4.05. The molecule has 2 aromatic carbocycles. The van der Waals surface area contributed by atoms with Crippen LogP contribution in [0.4, 0.5) is 5.82 Å². The van der Waals surface area contributed by atoms with Crippen LogP contribution in [0.5, 0.6) is 0 Å². The van der Waals surface area contributed by atoms with Gasteiger partial charge in [-0.15, -0.1) is 10.2 Å². The lowest BCUT2D eigenvalue weighted by Crippen LogP contribution is -2.13. The van der Waals surface area contributed by atoms with Crippen molar-refractivity contribution in [3.63, 3.8) is 0 Å². The summed E-state index contributed by atoms with van der Waals surface area (Å²) in [6.07, 6.45) is 3.84. The summed E-state index contributed by atoms with van der Waals surface area (Å²) >= 11 is 0. The molecule has 0 saturated carbocycles. The molecular formula is C25H32N6O3S. The van der Waals surface area contributed by atoms with Gasteiger partial charge in [0, 0.05) is 21.4 Å². The molecule has 2 aromatic heterocycles. The molecular weight excluding hydrogens is 464 g/mol. The van der Waals surface area contributed by atoms with E-state index >= 15 is 0 Å². The lowest BCUT2D eigenvalue weighted by molar-refractivity contribution is 0.582. The average molecular weight is 497 g/mol. The van der Waals surface area contributed by atoms with Crippen molar-refractivity contribution in [1.82, 2.24) is 25.5 Å². The Morgan fingerprint density at radius 2 is 1.71 bits per heavy atom. The highest BCUT2D eigenvalue weighted by Crippen LogP contribution is 2.30. The number of aromatic nitrogens is 4. The van der Waals surface area contributed by atoms with Crippen molar-refractivity contribution in [3.8, 4) is 34.3 Å². The molecule has 1 aliphatic rings. The van der Waals surface area contributed by atoms with E-state index in [0.29, 0.717) is 23.2 Å². The maximum Gasteiger partial charge on any atom is 0.270 e. The third kappa shape index (κ3) is 4.54. The molecule has 1 atom stereocenters. The Bertz CT molecular complexity index is 1460. The molecule has 186 valence electrons. The Balaban J connectivity index is 0.00000169. The van der Waals surface area contributed by atoms with Crippen molar-refractivity contribution in [2.24, 2.45) is 0 Å². The highest BCUT2D eigenvalue weighted by molar-refractivity contribution is 7.92. The second-order valence-electron chi connectivity index (χ2n) is 8.79. The van der Waals surface area contributed by atoms with Gasteiger partial charge in [-0.2, -0.15) is 0 Å². The summed E-state index contributed by atoms with van der Waals surface area (Å²) in [7, 11) is -3.36. The predicted molar refractivity (Wildman–Crippen MR) is 139 cm³/mol. The highest BCUT2D eigenvalue weighted by atomic mass is 32.2. The van der Waals surface area contributed by atoms with E-state index in [9.17, 15) is 8.42 Å². The maximum atomic E-state index is 12.4. The van der Waals surface area contributed by atoms with Crippen LogP contribution < -0.4 is 11.1 Å². The zero-order chi connectivity index (χ0) is 24.6. The van der Waals surface area contributed by atoms with E-state index < -0.39 is 15.1 Å². The maximum absolute atomic E-state index is 12.4. The molecule has 10 heteroatoms. The number of anilines is 1. The summed E-state index contributed by atoms with van der Waals surface area (Å²) in [4.78, 5) is 9.06. The van der Waals surface area contributed by atoms with Gasteiger partial charge in [0.2, 0.25) is 5.89 Å². The largest absolute Gasteiger partial charge is 0.414 e. The van der Waals surface area contributed by atoms with Gasteiger partial charge >= 0.3 is 0 Å². The topological polar surface area (TPSA) is 137 Å². The van der Waals surface area contributed by atoms with E-state index in [-0.39, 0.29) is 26.6 Å². The summed E-state index contributed by atoms with van der Waals surface area (Å²) in [5.74, 6) is 0.679. The number of hydrogen-bond acceptors (Lipinski definition) is 9. The first-order valence-corrected chi connectivity index (χ1v) is 13.0. The SMILES string of the molecule is CC(C)S(=O)(=O)c1ccc(-c2cnc(N)c(-c3nnc(-c4ccc(C5CCCN5)cc4)o3)n2)cc1.[HH].[HH].[HH]. The van der Waals surface area contributed by atoms with Gasteiger partial charge in [-0.3, -0.25) is 0 Å². The summed E-state index contributed by atoms with van der Waals surface area (Å²) in [5.41, 5.74) is 9.57. The molecule has 3 heterocycles. The molecule has 4 aromatic rings. The quantitative estimate of drug-likeness (QED) is 0.386. The second-order valence-corrected chi connectivity index (χ2v) is 11.3. The molecule has 3 N–H and O–H groups in total. The Morgan fingerprint density at radius 3 is 2.37 bits per heavy atom. The van der Waals surface area contributed by atoms with Crippen LogP contribution in [0, 0.1) is 0 Å². The van der Waals surface area contributed by atoms with E-state index in [1.807, 2.05) is 12.1 Å². The van der Waals surface area contributed by atoms with E-state index in [1.54, 1.807) is 38.1 Å². The Hall–Kier alpha value is -3.63. The van der Waals surface area contributed by atoms with Crippen molar-refractivity contribution in [2.75, 3.05) is 12.3 Å². The number of rotatable bonds is 6. The molecule has 5 rings (SSSR count). The number of nitrogens with two attached hydrogens (primary N) is 1. The highest BCUT2D eigenvalue weighted by Gasteiger charge is 2.21. The van der Waals surface area contributed by atoms with Crippen molar-refractivity contribution in [2.45, 2.75) is 42.9 Å². The lowest BCUT2D eigenvalue weighted by atomic mass is 10.0. The summed E-state index contributed by atoms with van der Waals surface area (Å²) in [6, 6.07) is 15.0. The monoisotopic (exact) mass is 496 g/mol. The lowest BCUT2D eigenvalue weighted by Gasteiger charge is -2.10. The first-order chi connectivity index (χ1) is 16.8. The molecule has 1 saturated heterocycles.